The number of ether oxygens (including phenoxy) is 1. The van der Waals surface area contributed by atoms with Gasteiger partial charge in [-0.05, 0) is 12.5 Å². The van der Waals surface area contributed by atoms with E-state index in [1.54, 1.807) is 18.5 Å². The first-order chi connectivity index (χ1) is 6.77. The van der Waals surface area contributed by atoms with Crippen LogP contribution in [0, 0.1) is 0 Å². The molecule has 0 fully saturated rings. The average Bonchev–Trinajstić information content (AvgIpc) is 2.25. The van der Waals surface area contributed by atoms with Crippen molar-refractivity contribution in [3.63, 3.8) is 0 Å². The van der Waals surface area contributed by atoms with Crippen molar-refractivity contribution in [2.45, 2.75) is 19.4 Å². The Morgan fingerprint density at radius 2 is 2.36 bits per heavy atom. The van der Waals surface area contributed by atoms with Crippen LogP contribution in [0.25, 0.3) is 0 Å². The van der Waals surface area contributed by atoms with E-state index >= 15 is 0 Å². The number of aliphatic hydroxyl groups is 1. The zero-order valence-corrected chi connectivity index (χ0v) is 8.31. The smallest absolute Gasteiger partial charge is 0.137 e. The van der Waals surface area contributed by atoms with Gasteiger partial charge < -0.3 is 15.6 Å². The zero-order chi connectivity index (χ0) is 10.4. The number of aromatic nitrogens is 1. The standard InChI is InChI=1S/C10H16N2O2/c1-2-3-14-9-4-8(6-12-7-9)10(13)5-11/h4,6-7,10,13H,2-3,5,11H2,1H3. The summed E-state index contributed by atoms with van der Waals surface area (Å²) >= 11 is 0. The molecule has 0 radical (unpaired) electrons. The molecule has 1 unspecified atom stereocenters. The van der Waals surface area contributed by atoms with Gasteiger partial charge in [0.15, 0.2) is 0 Å². The third-order valence-corrected chi connectivity index (χ3v) is 1.82. The van der Waals surface area contributed by atoms with Gasteiger partial charge in [0.25, 0.3) is 0 Å². The number of nitrogens with zero attached hydrogens (tertiary/aromatic N) is 1. The van der Waals surface area contributed by atoms with Crippen LogP contribution in [0.4, 0.5) is 0 Å². The molecule has 78 valence electrons. The first-order valence-electron chi connectivity index (χ1n) is 4.73. The van der Waals surface area contributed by atoms with Gasteiger partial charge in [-0.2, -0.15) is 0 Å². The molecule has 0 saturated heterocycles. The van der Waals surface area contributed by atoms with E-state index < -0.39 is 6.10 Å². The Labute approximate surface area is 83.7 Å². The molecular weight excluding hydrogens is 180 g/mol. The summed E-state index contributed by atoms with van der Waals surface area (Å²) < 4.78 is 5.38. The lowest BCUT2D eigenvalue weighted by molar-refractivity contribution is 0.185. The predicted octanol–water partition coefficient (Wildman–Crippen LogP) is 0.863. The van der Waals surface area contributed by atoms with Crippen LogP contribution in [0.2, 0.25) is 0 Å². The molecule has 0 amide bonds. The van der Waals surface area contributed by atoms with E-state index in [2.05, 4.69) is 4.98 Å². The fraction of sp³-hybridized carbons (Fsp3) is 0.500. The predicted molar refractivity (Wildman–Crippen MR) is 54.0 cm³/mol. The van der Waals surface area contributed by atoms with Crippen LogP contribution in [-0.4, -0.2) is 23.2 Å². The molecule has 1 heterocycles. The van der Waals surface area contributed by atoms with Crippen molar-refractivity contribution in [2.24, 2.45) is 5.73 Å². The lowest BCUT2D eigenvalue weighted by Gasteiger charge is -2.09. The van der Waals surface area contributed by atoms with Crippen molar-refractivity contribution in [3.8, 4) is 5.75 Å². The number of hydrogen-bond donors (Lipinski definition) is 2. The molecule has 1 rings (SSSR count). The second-order valence-corrected chi connectivity index (χ2v) is 3.05. The molecule has 1 atom stereocenters. The fourth-order valence-corrected chi connectivity index (χ4v) is 1.05. The first-order valence-corrected chi connectivity index (χ1v) is 4.73. The van der Waals surface area contributed by atoms with Gasteiger partial charge in [-0.1, -0.05) is 6.92 Å². The average molecular weight is 196 g/mol. The molecule has 4 nitrogen and oxygen atoms in total. The van der Waals surface area contributed by atoms with E-state index in [1.807, 2.05) is 6.92 Å². The van der Waals surface area contributed by atoms with Gasteiger partial charge in [-0.15, -0.1) is 0 Å². The van der Waals surface area contributed by atoms with Gasteiger partial charge in [0, 0.05) is 18.3 Å². The first kappa shape index (κ1) is 10.9. The Balaban J connectivity index is 2.68. The lowest BCUT2D eigenvalue weighted by atomic mass is 10.1. The largest absolute Gasteiger partial charge is 0.492 e. The number of hydrogen-bond acceptors (Lipinski definition) is 4. The van der Waals surface area contributed by atoms with Crippen molar-refractivity contribution in [3.05, 3.63) is 24.0 Å². The summed E-state index contributed by atoms with van der Waals surface area (Å²) in [5, 5.41) is 9.46. The summed E-state index contributed by atoms with van der Waals surface area (Å²) in [5.74, 6) is 0.678. The van der Waals surface area contributed by atoms with Crippen LogP contribution in [-0.2, 0) is 0 Å². The second kappa shape index (κ2) is 5.57. The number of aliphatic hydroxyl groups excluding tert-OH is 1. The van der Waals surface area contributed by atoms with Crippen LogP contribution in [0.3, 0.4) is 0 Å². The minimum absolute atomic E-state index is 0.193. The fourth-order valence-electron chi connectivity index (χ4n) is 1.05. The normalized spacial score (nSPS) is 12.5. The summed E-state index contributed by atoms with van der Waals surface area (Å²) in [6.07, 6.45) is 3.51. The molecule has 4 heteroatoms. The molecule has 0 aliphatic carbocycles. The monoisotopic (exact) mass is 196 g/mol. The van der Waals surface area contributed by atoms with E-state index in [9.17, 15) is 5.11 Å². The second-order valence-electron chi connectivity index (χ2n) is 3.05. The van der Waals surface area contributed by atoms with Gasteiger partial charge in [-0.25, -0.2) is 0 Å². The van der Waals surface area contributed by atoms with Crippen LogP contribution in [0.1, 0.15) is 25.0 Å². The maximum atomic E-state index is 9.46. The van der Waals surface area contributed by atoms with Gasteiger partial charge >= 0.3 is 0 Å². The van der Waals surface area contributed by atoms with Crippen LogP contribution in [0.5, 0.6) is 5.75 Å². The molecular formula is C10H16N2O2. The maximum Gasteiger partial charge on any atom is 0.137 e. The third kappa shape index (κ3) is 2.97. The minimum atomic E-state index is -0.660. The molecule has 0 bridgehead atoms. The highest BCUT2D eigenvalue weighted by Gasteiger charge is 2.06. The summed E-state index contributed by atoms with van der Waals surface area (Å²) in [7, 11) is 0. The van der Waals surface area contributed by atoms with E-state index in [-0.39, 0.29) is 6.54 Å². The highest BCUT2D eigenvalue weighted by Crippen LogP contribution is 2.16. The summed E-state index contributed by atoms with van der Waals surface area (Å²) in [5.41, 5.74) is 6.03. The Bertz CT molecular complexity index is 279. The molecule has 0 spiro atoms. The molecule has 0 aromatic carbocycles. The van der Waals surface area contributed by atoms with E-state index in [0.29, 0.717) is 17.9 Å². The van der Waals surface area contributed by atoms with Gasteiger partial charge in [-0.3, -0.25) is 4.98 Å². The topological polar surface area (TPSA) is 68.4 Å². The SMILES string of the molecule is CCCOc1cncc(C(O)CN)c1. The van der Waals surface area contributed by atoms with E-state index in [1.165, 1.54) is 0 Å². The van der Waals surface area contributed by atoms with Gasteiger partial charge in [0.2, 0.25) is 0 Å². The molecule has 3 N–H and O–H groups in total. The van der Waals surface area contributed by atoms with E-state index in [4.69, 9.17) is 10.5 Å². The number of pyridine rings is 1. The quantitative estimate of drug-likeness (QED) is 0.733. The molecule has 1 aromatic rings. The van der Waals surface area contributed by atoms with Crippen LogP contribution < -0.4 is 10.5 Å². The molecule has 0 saturated carbocycles. The van der Waals surface area contributed by atoms with Gasteiger partial charge in [0.1, 0.15) is 5.75 Å². The minimum Gasteiger partial charge on any atom is -0.492 e. The van der Waals surface area contributed by atoms with Crippen molar-refractivity contribution < 1.29 is 9.84 Å². The molecule has 1 aromatic heterocycles. The summed E-state index contributed by atoms with van der Waals surface area (Å²) in [6, 6.07) is 1.76. The lowest BCUT2D eigenvalue weighted by Crippen LogP contribution is -2.11. The van der Waals surface area contributed by atoms with Crippen LogP contribution >= 0.6 is 0 Å². The van der Waals surface area contributed by atoms with Gasteiger partial charge in [0.05, 0.1) is 18.9 Å². The number of nitrogens with two attached hydrogens (primary N) is 1. The molecule has 0 aliphatic heterocycles. The highest BCUT2D eigenvalue weighted by atomic mass is 16.5. The number of rotatable bonds is 5. The van der Waals surface area contributed by atoms with Crippen molar-refractivity contribution >= 4 is 0 Å². The summed E-state index contributed by atoms with van der Waals surface area (Å²) in [4.78, 5) is 3.97. The van der Waals surface area contributed by atoms with E-state index in [0.717, 1.165) is 6.42 Å². The van der Waals surface area contributed by atoms with Crippen molar-refractivity contribution in [2.75, 3.05) is 13.2 Å². The van der Waals surface area contributed by atoms with Crippen LogP contribution in [0.15, 0.2) is 18.5 Å². The van der Waals surface area contributed by atoms with Crippen molar-refractivity contribution in [1.29, 1.82) is 0 Å². The summed E-state index contributed by atoms with van der Waals surface area (Å²) in [6.45, 7) is 2.88. The Kier molecular flexibility index (Phi) is 4.35. The zero-order valence-electron chi connectivity index (χ0n) is 8.31. The maximum absolute atomic E-state index is 9.46. The third-order valence-electron chi connectivity index (χ3n) is 1.82. The molecule has 14 heavy (non-hydrogen) atoms. The Morgan fingerprint density at radius 3 is 3.00 bits per heavy atom. The Hall–Kier alpha value is -1.13. The Morgan fingerprint density at radius 1 is 1.57 bits per heavy atom. The van der Waals surface area contributed by atoms with Crippen molar-refractivity contribution in [1.82, 2.24) is 4.98 Å². The molecule has 0 aliphatic rings. The highest BCUT2D eigenvalue weighted by molar-refractivity contribution is 5.25.